The molecule has 3 unspecified atom stereocenters. The molecule has 4 rings (SSSR count). The van der Waals surface area contributed by atoms with Crippen LogP contribution < -0.4 is 0 Å². The molecule has 0 saturated heterocycles. The summed E-state index contributed by atoms with van der Waals surface area (Å²) in [5.41, 5.74) is -0.482. The summed E-state index contributed by atoms with van der Waals surface area (Å²) in [6.07, 6.45) is 17.9. The van der Waals surface area contributed by atoms with Gasteiger partial charge in [-0.1, -0.05) is 71.6 Å². The van der Waals surface area contributed by atoms with Crippen LogP contribution in [0.2, 0.25) is 0 Å². The predicted molar refractivity (Wildman–Crippen MR) is 151 cm³/mol. The van der Waals surface area contributed by atoms with E-state index >= 15 is 0 Å². The van der Waals surface area contributed by atoms with Crippen molar-refractivity contribution >= 4 is 35.3 Å². The van der Waals surface area contributed by atoms with Crippen molar-refractivity contribution in [1.29, 1.82) is 0 Å². The second kappa shape index (κ2) is 12.0. The molecule has 2 fully saturated rings. The van der Waals surface area contributed by atoms with Crippen LogP contribution in [-0.2, 0) is 9.59 Å². The van der Waals surface area contributed by atoms with Gasteiger partial charge in [-0.25, -0.2) is 0 Å². The lowest BCUT2D eigenvalue weighted by Gasteiger charge is -2.33. The zero-order valence-corrected chi connectivity index (χ0v) is 24.6. The van der Waals surface area contributed by atoms with Crippen molar-refractivity contribution in [2.75, 3.05) is 0 Å². The van der Waals surface area contributed by atoms with E-state index in [2.05, 4.69) is 13.8 Å². The number of carbonyl (C=O) groups is 2. The van der Waals surface area contributed by atoms with E-state index in [-0.39, 0.29) is 11.8 Å². The normalized spacial score (nSPS) is 36.5. The number of rotatable bonds is 0. The Hall–Kier alpha value is -0.420. The minimum absolute atomic E-state index is 0.0242. The molecule has 198 valence electrons. The summed E-state index contributed by atoms with van der Waals surface area (Å²) in [4.78, 5) is 30.6. The summed E-state index contributed by atoms with van der Waals surface area (Å²) in [5, 5.41) is 0.917. The number of carbonyl (C=O) groups excluding carboxylic acids is 2. The first-order valence-electron chi connectivity index (χ1n) is 14.6. The van der Waals surface area contributed by atoms with Crippen LogP contribution in [-0.4, -0.2) is 32.8 Å². The summed E-state index contributed by atoms with van der Waals surface area (Å²) in [6, 6.07) is 0. The van der Waals surface area contributed by atoms with E-state index in [1.165, 1.54) is 89.9 Å². The molecule has 2 aliphatic heterocycles. The third-order valence-electron chi connectivity index (χ3n) is 9.36. The van der Waals surface area contributed by atoms with E-state index in [1.54, 1.807) is 28.4 Å². The fourth-order valence-corrected chi connectivity index (χ4v) is 9.86. The average Bonchev–Trinajstić information content (AvgIpc) is 2.98. The number of fused-ring (bicyclic) bond motifs is 5. The standard InChI is InChI=1S/C30H49NO2S2/c1-20-15-16-22-11-7-6-8-14-25(19-22)35-27-26(28(32)31(29(27)33)30(3,4)5)34-24-13-10-9-12-23(17-18-24)21(20)2/h20-25H,6-19H2,1-5H3/t20-,21-,22+,23?,24?,25?/m1/s1. The van der Waals surface area contributed by atoms with Gasteiger partial charge in [0.25, 0.3) is 11.8 Å². The molecule has 4 bridgehead atoms. The van der Waals surface area contributed by atoms with Crippen LogP contribution in [0.3, 0.4) is 0 Å². The van der Waals surface area contributed by atoms with Crippen molar-refractivity contribution < 1.29 is 9.59 Å². The van der Waals surface area contributed by atoms with Gasteiger partial charge in [-0.05, 0) is 76.5 Å². The predicted octanol–water partition coefficient (Wildman–Crippen LogP) is 8.58. The van der Waals surface area contributed by atoms with Gasteiger partial charge in [0.05, 0.1) is 9.81 Å². The van der Waals surface area contributed by atoms with E-state index in [9.17, 15) is 9.59 Å². The fourth-order valence-electron chi connectivity index (χ4n) is 6.94. The molecule has 6 atom stereocenters. The van der Waals surface area contributed by atoms with Crippen LogP contribution in [0.4, 0.5) is 0 Å². The van der Waals surface area contributed by atoms with Crippen LogP contribution in [0.25, 0.3) is 0 Å². The van der Waals surface area contributed by atoms with Gasteiger partial charge in [-0.15, -0.1) is 23.5 Å². The number of hydrogen-bond donors (Lipinski definition) is 0. The molecule has 0 N–H and O–H groups in total. The lowest BCUT2D eigenvalue weighted by molar-refractivity contribution is -0.142. The summed E-state index contributed by atoms with van der Waals surface area (Å²) < 4.78 is 0. The zero-order valence-electron chi connectivity index (χ0n) is 22.9. The highest BCUT2D eigenvalue weighted by Crippen LogP contribution is 2.47. The molecule has 4 aliphatic rings. The first kappa shape index (κ1) is 27.6. The van der Waals surface area contributed by atoms with E-state index in [0.29, 0.717) is 10.5 Å². The Morgan fingerprint density at radius 3 is 2.00 bits per heavy atom. The minimum atomic E-state index is -0.482. The van der Waals surface area contributed by atoms with Crippen molar-refractivity contribution in [3.63, 3.8) is 0 Å². The molecule has 2 aliphatic carbocycles. The molecular weight excluding hydrogens is 470 g/mol. The monoisotopic (exact) mass is 519 g/mol. The van der Waals surface area contributed by atoms with Gasteiger partial charge in [-0.3, -0.25) is 14.5 Å². The highest BCUT2D eigenvalue weighted by molar-refractivity contribution is 8.08. The maximum atomic E-state index is 13.7. The summed E-state index contributed by atoms with van der Waals surface area (Å²) >= 11 is 3.56. The van der Waals surface area contributed by atoms with Gasteiger partial charge in [0, 0.05) is 16.0 Å². The largest absolute Gasteiger partial charge is 0.269 e. The summed E-state index contributed by atoms with van der Waals surface area (Å²) in [5.74, 6) is 3.09. The van der Waals surface area contributed by atoms with Crippen LogP contribution in [0.1, 0.15) is 125 Å². The quantitative estimate of drug-likeness (QED) is 0.300. The third-order valence-corrected chi connectivity index (χ3v) is 12.3. The van der Waals surface area contributed by atoms with Crippen molar-refractivity contribution in [2.24, 2.45) is 23.7 Å². The number of amides is 2. The van der Waals surface area contributed by atoms with E-state index < -0.39 is 5.54 Å². The van der Waals surface area contributed by atoms with Crippen molar-refractivity contribution in [1.82, 2.24) is 4.90 Å². The zero-order chi connectivity index (χ0) is 25.2. The molecule has 35 heavy (non-hydrogen) atoms. The third kappa shape index (κ3) is 6.72. The van der Waals surface area contributed by atoms with Crippen molar-refractivity contribution in [3.05, 3.63) is 9.81 Å². The van der Waals surface area contributed by atoms with Crippen LogP contribution in [0, 0.1) is 23.7 Å². The Labute approximate surface area is 223 Å². The Morgan fingerprint density at radius 1 is 0.686 bits per heavy atom. The van der Waals surface area contributed by atoms with Gasteiger partial charge in [0.15, 0.2) is 0 Å². The highest BCUT2D eigenvalue weighted by atomic mass is 32.2. The number of nitrogens with zero attached hydrogens (tertiary/aromatic N) is 1. The van der Waals surface area contributed by atoms with E-state index in [1.807, 2.05) is 20.8 Å². The van der Waals surface area contributed by atoms with Gasteiger partial charge >= 0.3 is 0 Å². The van der Waals surface area contributed by atoms with E-state index in [0.717, 1.165) is 33.5 Å². The maximum Gasteiger partial charge on any atom is 0.269 e. The Kier molecular flexibility index (Phi) is 9.44. The lowest BCUT2D eigenvalue weighted by Crippen LogP contribution is -2.46. The smallest absolute Gasteiger partial charge is 0.268 e. The second-order valence-corrected chi connectivity index (χ2v) is 15.7. The second-order valence-electron chi connectivity index (χ2n) is 13.0. The Morgan fingerprint density at radius 2 is 1.29 bits per heavy atom. The van der Waals surface area contributed by atoms with E-state index in [4.69, 9.17) is 0 Å². The van der Waals surface area contributed by atoms with Gasteiger partial charge in [0.1, 0.15) is 0 Å². The van der Waals surface area contributed by atoms with Crippen LogP contribution in [0.15, 0.2) is 9.81 Å². The van der Waals surface area contributed by atoms with Gasteiger partial charge < -0.3 is 0 Å². The average molecular weight is 520 g/mol. The Bertz CT molecular complexity index is 801. The van der Waals surface area contributed by atoms with Crippen molar-refractivity contribution in [3.8, 4) is 0 Å². The molecule has 0 radical (unpaired) electrons. The lowest BCUT2D eigenvalue weighted by atomic mass is 9.74. The van der Waals surface area contributed by atoms with Crippen molar-refractivity contribution in [2.45, 2.75) is 141 Å². The van der Waals surface area contributed by atoms with Gasteiger partial charge in [0.2, 0.25) is 0 Å². The molecule has 2 heterocycles. The fraction of sp³-hybridized carbons (Fsp3) is 0.867. The molecule has 0 aromatic heterocycles. The maximum absolute atomic E-state index is 13.7. The highest BCUT2D eigenvalue weighted by Gasteiger charge is 2.46. The molecule has 0 spiro atoms. The molecule has 0 aromatic rings. The van der Waals surface area contributed by atoms with Crippen LogP contribution in [0.5, 0.6) is 0 Å². The van der Waals surface area contributed by atoms with Gasteiger partial charge in [-0.2, -0.15) is 0 Å². The SMILES string of the molecule is C[C@@H]1CC[C@@H]2CCCCCC(C2)SC2=C(SC3CCCCC(CC3)[C@@H]1C)C(=O)N(C(C)(C)C)C2=O. The molecule has 2 amide bonds. The molecule has 2 saturated carbocycles. The summed E-state index contributed by atoms with van der Waals surface area (Å²) in [6.45, 7) is 11.0. The minimum Gasteiger partial charge on any atom is -0.268 e. The number of imide groups is 1. The first-order valence-corrected chi connectivity index (χ1v) is 16.4. The first-order chi connectivity index (χ1) is 16.6. The molecule has 3 nitrogen and oxygen atoms in total. The summed E-state index contributed by atoms with van der Waals surface area (Å²) in [7, 11) is 0. The molecule has 5 heteroatoms. The molecular formula is C30H49NO2S2. The Balaban J connectivity index is 1.68. The number of hydrogen-bond acceptors (Lipinski definition) is 4. The number of thioether (sulfide) groups is 2. The topological polar surface area (TPSA) is 37.4 Å². The molecule has 0 aromatic carbocycles. The van der Waals surface area contributed by atoms with Crippen LogP contribution >= 0.6 is 23.5 Å².